The zero-order valence-corrected chi connectivity index (χ0v) is 16.2. The number of hydrogen-bond donors (Lipinski definition) is 1. The van der Waals surface area contributed by atoms with E-state index in [1.165, 1.54) is 12.1 Å². The number of benzene rings is 2. The van der Waals surface area contributed by atoms with Crippen LogP contribution in [0, 0.1) is 5.82 Å². The summed E-state index contributed by atoms with van der Waals surface area (Å²) in [6.07, 6.45) is 1.41. The highest BCUT2D eigenvalue weighted by molar-refractivity contribution is 5.74. The Hall–Kier alpha value is -2.60. The summed E-state index contributed by atoms with van der Waals surface area (Å²) in [5.41, 5.74) is 1.74. The second kappa shape index (κ2) is 9.06. The number of rotatable bonds is 8. The first-order valence-corrected chi connectivity index (χ1v) is 9.68. The van der Waals surface area contributed by atoms with Gasteiger partial charge in [-0.3, -0.25) is 9.69 Å². The van der Waals surface area contributed by atoms with Crippen molar-refractivity contribution in [3.8, 4) is 11.5 Å². The fourth-order valence-corrected chi connectivity index (χ4v) is 3.82. The number of halogens is 1. The lowest BCUT2D eigenvalue weighted by Crippen LogP contribution is -2.39. The van der Waals surface area contributed by atoms with Crippen molar-refractivity contribution in [1.82, 2.24) is 4.90 Å². The van der Waals surface area contributed by atoms with Crippen LogP contribution in [-0.4, -0.2) is 41.8 Å². The molecule has 5 nitrogen and oxygen atoms in total. The minimum atomic E-state index is -0.833. The number of carboxylic acid groups (broad SMARTS) is 1. The van der Waals surface area contributed by atoms with Gasteiger partial charge in [0.25, 0.3) is 0 Å². The van der Waals surface area contributed by atoms with Crippen molar-refractivity contribution in [2.45, 2.75) is 38.8 Å². The summed E-state index contributed by atoms with van der Waals surface area (Å²) in [7, 11) is 0. The minimum Gasteiger partial charge on any atom is -0.490 e. The molecule has 0 bridgehead atoms. The zero-order valence-electron chi connectivity index (χ0n) is 16.2. The molecule has 1 heterocycles. The third kappa shape index (κ3) is 4.28. The summed E-state index contributed by atoms with van der Waals surface area (Å²) < 4.78 is 24.9. The lowest BCUT2D eigenvalue weighted by atomic mass is 9.95. The first-order chi connectivity index (χ1) is 13.5. The number of likely N-dealkylation sites (tertiary alicyclic amines) is 1. The Kier molecular flexibility index (Phi) is 6.52. The highest BCUT2D eigenvalue weighted by Gasteiger charge is 2.37. The average Bonchev–Trinajstić information content (AvgIpc) is 3.15. The topological polar surface area (TPSA) is 59.0 Å². The molecule has 0 radical (unpaired) electrons. The lowest BCUT2D eigenvalue weighted by molar-refractivity contribution is -0.142. The molecule has 0 aromatic heterocycles. The van der Waals surface area contributed by atoms with Crippen LogP contribution >= 0.6 is 0 Å². The number of carbonyl (C=O) groups is 1. The molecule has 150 valence electrons. The summed E-state index contributed by atoms with van der Waals surface area (Å²) in [6, 6.07) is 11.1. The van der Waals surface area contributed by atoms with Crippen molar-refractivity contribution in [1.29, 1.82) is 0 Å². The van der Waals surface area contributed by atoms with Crippen molar-refractivity contribution in [2.75, 3.05) is 19.8 Å². The van der Waals surface area contributed by atoms with Gasteiger partial charge in [-0.2, -0.15) is 0 Å². The van der Waals surface area contributed by atoms with Crippen LogP contribution in [0.3, 0.4) is 0 Å². The van der Waals surface area contributed by atoms with Crippen molar-refractivity contribution in [2.24, 2.45) is 0 Å². The molecule has 2 atom stereocenters. The predicted molar refractivity (Wildman–Crippen MR) is 104 cm³/mol. The van der Waals surface area contributed by atoms with Crippen LogP contribution in [0.4, 0.5) is 4.39 Å². The van der Waals surface area contributed by atoms with Crippen molar-refractivity contribution >= 4 is 5.97 Å². The quantitative estimate of drug-likeness (QED) is 0.733. The fourth-order valence-electron chi connectivity index (χ4n) is 3.82. The average molecular weight is 387 g/mol. The maximum atomic E-state index is 13.5. The van der Waals surface area contributed by atoms with Gasteiger partial charge in [-0.1, -0.05) is 18.2 Å². The van der Waals surface area contributed by atoms with Crippen LogP contribution in [0.5, 0.6) is 11.5 Å². The second-order valence-corrected chi connectivity index (χ2v) is 6.76. The molecule has 2 unspecified atom stereocenters. The monoisotopic (exact) mass is 387 g/mol. The molecule has 6 heteroatoms. The van der Waals surface area contributed by atoms with Gasteiger partial charge in [-0.15, -0.1) is 0 Å². The van der Waals surface area contributed by atoms with Crippen molar-refractivity contribution in [3.63, 3.8) is 0 Å². The van der Waals surface area contributed by atoms with Crippen LogP contribution in [-0.2, 0) is 4.79 Å². The van der Waals surface area contributed by atoms with Gasteiger partial charge in [-0.25, -0.2) is 4.39 Å². The third-order valence-corrected chi connectivity index (χ3v) is 4.98. The molecule has 0 spiro atoms. The Bertz CT molecular complexity index is 809. The zero-order chi connectivity index (χ0) is 20.1. The third-order valence-electron chi connectivity index (χ3n) is 4.98. The number of hydrogen-bond acceptors (Lipinski definition) is 4. The molecule has 1 aliphatic heterocycles. The first kappa shape index (κ1) is 20.1. The van der Waals surface area contributed by atoms with E-state index in [1.54, 1.807) is 12.1 Å². The summed E-state index contributed by atoms with van der Waals surface area (Å²) in [5, 5.41) is 9.68. The molecule has 0 amide bonds. The van der Waals surface area contributed by atoms with Gasteiger partial charge < -0.3 is 14.6 Å². The van der Waals surface area contributed by atoms with E-state index in [2.05, 4.69) is 0 Å². The van der Waals surface area contributed by atoms with Gasteiger partial charge in [0.05, 0.1) is 19.3 Å². The molecule has 3 rings (SSSR count). The maximum absolute atomic E-state index is 13.5. The molecular weight excluding hydrogens is 361 g/mol. The molecule has 0 saturated carbocycles. The van der Waals surface area contributed by atoms with Crippen molar-refractivity contribution in [3.05, 3.63) is 59.4 Å². The van der Waals surface area contributed by atoms with Crippen LogP contribution in [0.25, 0.3) is 0 Å². The molecule has 2 aromatic carbocycles. The molecule has 1 saturated heterocycles. The van der Waals surface area contributed by atoms with Crippen LogP contribution < -0.4 is 9.47 Å². The van der Waals surface area contributed by atoms with Crippen LogP contribution in [0.2, 0.25) is 0 Å². The Balaban J connectivity index is 2.07. The standard InChI is InChI=1S/C22H26FNO4/c1-3-27-19-12-9-16(14-20(19)28-4-2)21(15-7-10-17(23)11-8-15)24-13-5-6-18(24)22(25)26/h7-12,14,18,21H,3-6,13H2,1-2H3,(H,25,26). The fraction of sp³-hybridized carbons (Fsp3) is 0.409. The van der Waals surface area contributed by atoms with Gasteiger partial charge in [0.2, 0.25) is 0 Å². The highest BCUT2D eigenvalue weighted by atomic mass is 19.1. The molecule has 1 fully saturated rings. The van der Waals surface area contributed by atoms with E-state index in [-0.39, 0.29) is 11.9 Å². The normalized spacial score (nSPS) is 18.0. The number of carboxylic acids is 1. The van der Waals surface area contributed by atoms with Crippen molar-refractivity contribution < 1.29 is 23.8 Å². The van der Waals surface area contributed by atoms with E-state index in [4.69, 9.17) is 9.47 Å². The summed E-state index contributed by atoms with van der Waals surface area (Å²) in [6.45, 7) is 5.49. The molecule has 28 heavy (non-hydrogen) atoms. The number of nitrogens with zero attached hydrogens (tertiary/aromatic N) is 1. The molecule has 0 aliphatic carbocycles. The largest absolute Gasteiger partial charge is 0.490 e. The minimum absolute atomic E-state index is 0.306. The molecular formula is C22H26FNO4. The van der Waals surface area contributed by atoms with E-state index < -0.39 is 12.0 Å². The van der Waals surface area contributed by atoms with E-state index in [9.17, 15) is 14.3 Å². The van der Waals surface area contributed by atoms with E-state index in [0.29, 0.717) is 37.7 Å². The lowest BCUT2D eigenvalue weighted by Gasteiger charge is -2.32. The Labute approximate surface area is 164 Å². The van der Waals surface area contributed by atoms with E-state index in [1.807, 2.05) is 36.9 Å². The van der Waals surface area contributed by atoms with E-state index >= 15 is 0 Å². The Morgan fingerprint density at radius 3 is 2.39 bits per heavy atom. The smallest absolute Gasteiger partial charge is 0.320 e. The molecule has 1 aliphatic rings. The predicted octanol–water partition coefficient (Wildman–Crippen LogP) is 4.26. The molecule has 2 aromatic rings. The first-order valence-electron chi connectivity index (χ1n) is 9.68. The Morgan fingerprint density at radius 2 is 1.75 bits per heavy atom. The van der Waals surface area contributed by atoms with Gasteiger partial charge >= 0.3 is 5.97 Å². The van der Waals surface area contributed by atoms with E-state index in [0.717, 1.165) is 17.5 Å². The van der Waals surface area contributed by atoms with Crippen LogP contribution in [0.15, 0.2) is 42.5 Å². The SMILES string of the molecule is CCOc1ccc(C(c2ccc(F)cc2)N2CCCC2C(=O)O)cc1OCC. The van der Waals surface area contributed by atoms with Gasteiger partial charge in [0.1, 0.15) is 11.9 Å². The molecule has 1 N–H and O–H groups in total. The second-order valence-electron chi connectivity index (χ2n) is 6.76. The number of ether oxygens (including phenoxy) is 2. The Morgan fingerprint density at radius 1 is 1.11 bits per heavy atom. The summed E-state index contributed by atoms with van der Waals surface area (Å²) in [4.78, 5) is 13.8. The number of aliphatic carboxylic acids is 1. The van der Waals surface area contributed by atoms with Gasteiger partial charge in [-0.05, 0) is 62.1 Å². The summed E-state index contributed by atoms with van der Waals surface area (Å²) >= 11 is 0. The maximum Gasteiger partial charge on any atom is 0.320 e. The van der Waals surface area contributed by atoms with Gasteiger partial charge in [0, 0.05) is 6.54 Å². The highest BCUT2D eigenvalue weighted by Crippen LogP contribution is 2.38. The van der Waals surface area contributed by atoms with Gasteiger partial charge in [0.15, 0.2) is 11.5 Å². The summed E-state index contributed by atoms with van der Waals surface area (Å²) in [5.74, 6) is 0.128. The van der Waals surface area contributed by atoms with Crippen LogP contribution in [0.1, 0.15) is 43.9 Å².